The molecule has 1 atom stereocenters. The quantitative estimate of drug-likeness (QED) is 0.732. The molecule has 0 aromatic heterocycles. The highest BCUT2D eigenvalue weighted by Crippen LogP contribution is 2.16. The summed E-state index contributed by atoms with van der Waals surface area (Å²) >= 11 is 0. The van der Waals surface area contributed by atoms with E-state index in [0.29, 0.717) is 11.6 Å². The monoisotopic (exact) mass is 264 g/mol. The smallest absolute Gasteiger partial charge is 0.320 e. The van der Waals surface area contributed by atoms with Crippen LogP contribution in [0, 0.1) is 0 Å². The molecular formula is C14H20N2O3. The fourth-order valence-electron chi connectivity index (χ4n) is 1.49. The van der Waals surface area contributed by atoms with Gasteiger partial charge < -0.3 is 10.4 Å². The molecule has 0 aliphatic heterocycles. The molecule has 1 rings (SSSR count). The highest BCUT2D eigenvalue weighted by Gasteiger charge is 2.11. The van der Waals surface area contributed by atoms with Crippen molar-refractivity contribution in [2.24, 2.45) is 0 Å². The molecule has 5 nitrogen and oxygen atoms in total. The summed E-state index contributed by atoms with van der Waals surface area (Å²) in [5, 5.41) is 14.0. The van der Waals surface area contributed by atoms with Gasteiger partial charge in [-0.2, -0.15) is 0 Å². The van der Waals surface area contributed by atoms with Gasteiger partial charge in [-0.15, -0.1) is 0 Å². The predicted molar refractivity (Wildman–Crippen MR) is 74.3 cm³/mol. The first kappa shape index (κ1) is 15.2. The molecule has 0 heterocycles. The normalized spacial score (nSPS) is 12.2. The number of aliphatic carboxylic acids is 1. The van der Waals surface area contributed by atoms with E-state index in [-0.39, 0.29) is 12.5 Å². The second-order valence-electron chi connectivity index (χ2n) is 4.77. The third-order valence-electron chi connectivity index (χ3n) is 2.80. The van der Waals surface area contributed by atoms with Crippen LogP contribution in [0.3, 0.4) is 0 Å². The van der Waals surface area contributed by atoms with E-state index in [2.05, 4.69) is 24.5 Å². The molecule has 0 saturated heterocycles. The van der Waals surface area contributed by atoms with Gasteiger partial charge in [0.15, 0.2) is 0 Å². The van der Waals surface area contributed by atoms with Gasteiger partial charge in [-0.05, 0) is 30.5 Å². The molecule has 1 amide bonds. The van der Waals surface area contributed by atoms with Gasteiger partial charge in [-0.25, -0.2) is 0 Å². The van der Waals surface area contributed by atoms with Crippen molar-refractivity contribution >= 4 is 17.6 Å². The first-order chi connectivity index (χ1) is 8.90. The highest BCUT2D eigenvalue weighted by molar-refractivity contribution is 5.92. The van der Waals surface area contributed by atoms with Gasteiger partial charge in [0.1, 0.15) is 6.04 Å². The van der Waals surface area contributed by atoms with E-state index in [1.807, 2.05) is 24.3 Å². The average molecular weight is 264 g/mol. The fourth-order valence-corrected chi connectivity index (χ4v) is 1.49. The van der Waals surface area contributed by atoms with Crippen LogP contribution in [-0.2, 0) is 9.59 Å². The van der Waals surface area contributed by atoms with E-state index in [1.165, 1.54) is 12.5 Å². The van der Waals surface area contributed by atoms with Crippen molar-refractivity contribution < 1.29 is 14.7 Å². The number of rotatable bonds is 6. The second kappa shape index (κ2) is 6.89. The summed E-state index contributed by atoms with van der Waals surface area (Å²) in [4.78, 5) is 22.2. The standard InChI is InChI=1S/C14H20N2O3/c1-9(2)11-4-6-12(7-5-11)16-13(17)8-15-10(3)14(18)19/h4-7,9-10,15H,8H2,1-3H3,(H,16,17)(H,18,19)/t10-/m0/s1. The Morgan fingerprint density at radius 2 is 1.74 bits per heavy atom. The number of benzene rings is 1. The second-order valence-corrected chi connectivity index (χ2v) is 4.77. The van der Waals surface area contributed by atoms with E-state index in [0.717, 1.165) is 0 Å². The Morgan fingerprint density at radius 1 is 1.16 bits per heavy atom. The van der Waals surface area contributed by atoms with Gasteiger partial charge in [0.05, 0.1) is 6.54 Å². The zero-order valence-electron chi connectivity index (χ0n) is 11.4. The van der Waals surface area contributed by atoms with Crippen LogP contribution < -0.4 is 10.6 Å². The van der Waals surface area contributed by atoms with Crippen LogP contribution in [0.25, 0.3) is 0 Å². The molecule has 0 unspecified atom stereocenters. The molecule has 0 bridgehead atoms. The van der Waals surface area contributed by atoms with Crippen molar-refractivity contribution in [1.29, 1.82) is 0 Å². The van der Waals surface area contributed by atoms with Gasteiger partial charge in [0, 0.05) is 5.69 Å². The molecular weight excluding hydrogens is 244 g/mol. The average Bonchev–Trinajstić information content (AvgIpc) is 2.36. The molecule has 0 spiro atoms. The Labute approximate surface area is 113 Å². The molecule has 5 heteroatoms. The maximum atomic E-state index is 11.6. The number of hydrogen-bond acceptors (Lipinski definition) is 3. The van der Waals surface area contributed by atoms with Crippen LogP contribution in [0.5, 0.6) is 0 Å². The molecule has 1 aromatic carbocycles. The van der Waals surface area contributed by atoms with Crippen molar-refractivity contribution in [2.45, 2.75) is 32.7 Å². The number of hydrogen-bond donors (Lipinski definition) is 3. The molecule has 3 N–H and O–H groups in total. The van der Waals surface area contributed by atoms with Gasteiger partial charge >= 0.3 is 5.97 Å². The minimum atomic E-state index is -0.978. The number of nitrogens with one attached hydrogen (secondary N) is 2. The Hall–Kier alpha value is -1.88. The summed E-state index contributed by atoms with van der Waals surface area (Å²) in [6.45, 7) is 5.67. The van der Waals surface area contributed by atoms with Gasteiger partial charge in [0.25, 0.3) is 0 Å². The van der Waals surface area contributed by atoms with Gasteiger partial charge in [-0.1, -0.05) is 26.0 Å². The van der Waals surface area contributed by atoms with Crippen LogP contribution in [0.15, 0.2) is 24.3 Å². The van der Waals surface area contributed by atoms with Crippen LogP contribution in [-0.4, -0.2) is 29.6 Å². The Kier molecular flexibility index (Phi) is 5.51. The van der Waals surface area contributed by atoms with Crippen molar-refractivity contribution in [3.63, 3.8) is 0 Å². The SMILES string of the molecule is CC(C)c1ccc(NC(=O)CN[C@@H](C)C(=O)O)cc1. The molecule has 104 valence electrons. The fraction of sp³-hybridized carbons (Fsp3) is 0.429. The van der Waals surface area contributed by atoms with E-state index in [4.69, 9.17) is 5.11 Å². The zero-order valence-corrected chi connectivity index (χ0v) is 11.4. The first-order valence-corrected chi connectivity index (χ1v) is 6.26. The van der Waals surface area contributed by atoms with E-state index >= 15 is 0 Å². The lowest BCUT2D eigenvalue weighted by molar-refractivity contribution is -0.139. The summed E-state index contributed by atoms with van der Waals surface area (Å²) in [7, 11) is 0. The van der Waals surface area contributed by atoms with E-state index in [9.17, 15) is 9.59 Å². The molecule has 19 heavy (non-hydrogen) atoms. The van der Waals surface area contributed by atoms with E-state index < -0.39 is 12.0 Å². The molecule has 0 fully saturated rings. The van der Waals surface area contributed by atoms with Gasteiger partial charge in [0.2, 0.25) is 5.91 Å². The number of carboxylic acid groups (broad SMARTS) is 1. The number of anilines is 1. The highest BCUT2D eigenvalue weighted by atomic mass is 16.4. The number of carbonyl (C=O) groups is 2. The summed E-state index contributed by atoms with van der Waals surface area (Å²) < 4.78 is 0. The van der Waals surface area contributed by atoms with Crippen LogP contribution in [0.1, 0.15) is 32.3 Å². The molecule has 0 radical (unpaired) electrons. The summed E-state index contributed by atoms with van der Waals surface area (Å²) in [5.41, 5.74) is 1.91. The third kappa shape index (κ3) is 5.09. The van der Waals surface area contributed by atoms with Crippen molar-refractivity contribution in [3.05, 3.63) is 29.8 Å². The maximum absolute atomic E-state index is 11.6. The molecule has 0 saturated carbocycles. The third-order valence-corrected chi connectivity index (χ3v) is 2.80. The Morgan fingerprint density at radius 3 is 2.21 bits per heavy atom. The number of carbonyl (C=O) groups excluding carboxylic acids is 1. The lowest BCUT2D eigenvalue weighted by Crippen LogP contribution is -2.39. The maximum Gasteiger partial charge on any atom is 0.320 e. The summed E-state index contributed by atoms with van der Waals surface area (Å²) in [5.74, 6) is -0.790. The predicted octanol–water partition coefficient (Wildman–Crippen LogP) is 1.81. The zero-order chi connectivity index (χ0) is 14.4. The topological polar surface area (TPSA) is 78.4 Å². The summed E-state index contributed by atoms with van der Waals surface area (Å²) in [6.07, 6.45) is 0. The summed E-state index contributed by atoms with van der Waals surface area (Å²) in [6, 6.07) is 6.87. The number of amides is 1. The Balaban J connectivity index is 2.46. The molecule has 0 aliphatic carbocycles. The lowest BCUT2D eigenvalue weighted by atomic mass is 10.0. The molecule has 0 aliphatic rings. The van der Waals surface area contributed by atoms with Crippen LogP contribution in [0.4, 0.5) is 5.69 Å². The first-order valence-electron chi connectivity index (χ1n) is 6.26. The number of carboxylic acids is 1. The molecule has 1 aromatic rings. The Bertz CT molecular complexity index is 441. The van der Waals surface area contributed by atoms with Crippen molar-refractivity contribution in [2.75, 3.05) is 11.9 Å². The van der Waals surface area contributed by atoms with Crippen LogP contribution >= 0.6 is 0 Å². The minimum absolute atomic E-state index is 0.0284. The van der Waals surface area contributed by atoms with Crippen molar-refractivity contribution in [3.8, 4) is 0 Å². The lowest BCUT2D eigenvalue weighted by Gasteiger charge is -2.10. The minimum Gasteiger partial charge on any atom is -0.480 e. The van der Waals surface area contributed by atoms with E-state index in [1.54, 1.807) is 0 Å². The largest absolute Gasteiger partial charge is 0.480 e. The van der Waals surface area contributed by atoms with Gasteiger partial charge in [-0.3, -0.25) is 14.9 Å². The van der Waals surface area contributed by atoms with Crippen molar-refractivity contribution in [1.82, 2.24) is 5.32 Å². The van der Waals surface area contributed by atoms with Crippen LogP contribution in [0.2, 0.25) is 0 Å².